The van der Waals surface area contributed by atoms with Crippen LogP contribution in [0.15, 0.2) is 0 Å². The van der Waals surface area contributed by atoms with Crippen LogP contribution in [-0.2, 0) is 0 Å². The standard InChI is InChI=1S/C14H30N2/c1-13(12-16(2)3)15-11-10-14-8-6-4-5-7-9-14/h13-15H,4-12H2,1-3H3. The lowest BCUT2D eigenvalue weighted by atomic mass is 9.96. The SMILES string of the molecule is CC(CN(C)C)NCCC1CCCCCC1. The Morgan fingerprint density at radius 2 is 1.75 bits per heavy atom. The van der Waals surface area contributed by atoms with Gasteiger partial charge in [-0.3, -0.25) is 0 Å². The van der Waals surface area contributed by atoms with E-state index in [1.165, 1.54) is 51.5 Å². The third-order valence-corrected chi connectivity index (χ3v) is 3.66. The molecule has 2 nitrogen and oxygen atoms in total. The molecule has 0 aliphatic heterocycles. The van der Waals surface area contributed by atoms with Crippen molar-refractivity contribution in [1.82, 2.24) is 10.2 Å². The summed E-state index contributed by atoms with van der Waals surface area (Å²) < 4.78 is 0. The topological polar surface area (TPSA) is 15.3 Å². The van der Waals surface area contributed by atoms with Crippen LogP contribution in [0.2, 0.25) is 0 Å². The molecule has 0 aromatic heterocycles. The van der Waals surface area contributed by atoms with Crippen molar-refractivity contribution in [2.75, 3.05) is 27.2 Å². The Balaban J connectivity index is 2.04. The molecule has 0 heterocycles. The molecule has 1 unspecified atom stereocenters. The Morgan fingerprint density at radius 3 is 2.31 bits per heavy atom. The van der Waals surface area contributed by atoms with Crippen LogP contribution in [0.3, 0.4) is 0 Å². The monoisotopic (exact) mass is 226 g/mol. The van der Waals surface area contributed by atoms with E-state index < -0.39 is 0 Å². The highest BCUT2D eigenvalue weighted by atomic mass is 15.1. The van der Waals surface area contributed by atoms with Crippen LogP contribution >= 0.6 is 0 Å². The molecule has 1 N–H and O–H groups in total. The van der Waals surface area contributed by atoms with Crippen LogP contribution in [0, 0.1) is 5.92 Å². The van der Waals surface area contributed by atoms with Crippen LogP contribution in [0.25, 0.3) is 0 Å². The van der Waals surface area contributed by atoms with Gasteiger partial charge in [-0.2, -0.15) is 0 Å². The molecule has 1 aliphatic rings. The summed E-state index contributed by atoms with van der Waals surface area (Å²) in [7, 11) is 4.28. The Labute approximate surface area is 102 Å². The molecular formula is C14H30N2. The predicted molar refractivity (Wildman–Crippen MR) is 71.8 cm³/mol. The molecule has 1 atom stereocenters. The molecule has 0 aromatic rings. The average molecular weight is 226 g/mol. The summed E-state index contributed by atoms with van der Waals surface area (Å²) >= 11 is 0. The van der Waals surface area contributed by atoms with Crippen molar-refractivity contribution in [1.29, 1.82) is 0 Å². The van der Waals surface area contributed by atoms with Gasteiger partial charge in [0.25, 0.3) is 0 Å². The molecule has 0 aromatic carbocycles. The van der Waals surface area contributed by atoms with Gasteiger partial charge in [-0.1, -0.05) is 38.5 Å². The fourth-order valence-electron chi connectivity index (χ4n) is 2.80. The minimum atomic E-state index is 0.626. The first-order chi connectivity index (χ1) is 7.68. The van der Waals surface area contributed by atoms with E-state index in [1.54, 1.807) is 0 Å². The van der Waals surface area contributed by atoms with E-state index in [0.717, 1.165) is 12.5 Å². The number of nitrogens with zero attached hydrogens (tertiary/aromatic N) is 1. The normalized spacial score (nSPS) is 21.0. The highest BCUT2D eigenvalue weighted by molar-refractivity contribution is 4.68. The Hall–Kier alpha value is -0.0800. The molecule has 1 aliphatic carbocycles. The third-order valence-electron chi connectivity index (χ3n) is 3.66. The van der Waals surface area contributed by atoms with Crippen LogP contribution in [0.1, 0.15) is 51.9 Å². The molecule has 0 bridgehead atoms. The molecule has 1 rings (SSSR count). The zero-order valence-electron chi connectivity index (χ0n) is 11.5. The zero-order valence-corrected chi connectivity index (χ0v) is 11.5. The lowest BCUT2D eigenvalue weighted by molar-refractivity contribution is 0.336. The van der Waals surface area contributed by atoms with Crippen LogP contribution < -0.4 is 5.32 Å². The molecule has 1 saturated carbocycles. The van der Waals surface area contributed by atoms with Gasteiger partial charge in [0.1, 0.15) is 0 Å². The highest BCUT2D eigenvalue weighted by Crippen LogP contribution is 2.24. The van der Waals surface area contributed by atoms with Gasteiger partial charge >= 0.3 is 0 Å². The highest BCUT2D eigenvalue weighted by Gasteiger charge is 2.12. The van der Waals surface area contributed by atoms with Gasteiger partial charge in [-0.15, -0.1) is 0 Å². The molecule has 96 valence electrons. The zero-order chi connectivity index (χ0) is 11.8. The second-order valence-electron chi connectivity index (χ2n) is 5.76. The quantitative estimate of drug-likeness (QED) is 0.701. The first kappa shape index (κ1) is 14.0. The third kappa shape index (κ3) is 6.49. The lowest BCUT2D eigenvalue weighted by Crippen LogP contribution is -2.36. The number of hydrogen-bond donors (Lipinski definition) is 1. The fourth-order valence-corrected chi connectivity index (χ4v) is 2.80. The van der Waals surface area contributed by atoms with Crippen LogP contribution in [-0.4, -0.2) is 38.1 Å². The minimum absolute atomic E-state index is 0.626. The van der Waals surface area contributed by atoms with Crippen molar-refractivity contribution in [3.05, 3.63) is 0 Å². The molecule has 0 amide bonds. The number of hydrogen-bond acceptors (Lipinski definition) is 2. The maximum Gasteiger partial charge on any atom is 0.0166 e. The van der Waals surface area contributed by atoms with E-state index in [1.807, 2.05) is 0 Å². The largest absolute Gasteiger partial charge is 0.313 e. The van der Waals surface area contributed by atoms with Gasteiger partial charge in [0.2, 0.25) is 0 Å². The molecule has 0 saturated heterocycles. The van der Waals surface area contributed by atoms with E-state index in [4.69, 9.17) is 0 Å². The van der Waals surface area contributed by atoms with Crippen molar-refractivity contribution in [3.63, 3.8) is 0 Å². The molecular weight excluding hydrogens is 196 g/mol. The van der Waals surface area contributed by atoms with Crippen molar-refractivity contribution in [2.45, 2.75) is 57.9 Å². The fraction of sp³-hybridized carbons (Fsp3) is 1.00. The summed E-state index contributed by atoms with van der Waals surface area (Å²) in [6, 6.07) is 0.626. The van der Waals surface area contributed by atoms with E-state index in [0.29, 0.717) is 6.04 Å². The van der Waals surface area contributed by atoms with E-state index >= 15 is 0 Å². The molecule has 1 fully saturated rings. The summed E-state index contributed by atoms with van der Waals surface area (Å²) in [4.78, 5) is 2.25. The molecule has 0 radical (unpaired) electrons. The van der Waals surface area contributed by atoms with Gasteiger partial charge < -0.3 is 10.2 Å². The second-order valence-corrected chi connectivity index (χ2v) is 5.76. The summed E-state index contributed by atoms with van der Waals surface area (Å²) in [6.07, 6.45) is 10.2. The molecule has 0 spiro atoms. The van der Waals surface area contributed by atoms with E-state index in [9.17, 15) is 0 Å². The second kappa shape index (κ2) is 8.08. The van der Waals surface area contributed by atoms with E-state index in [-0.39, 0.29) is 0 Å². The van der Waals surface area contributed by atoms with Gasteiger partial charge in [-0.05, 0) is 39.9 Å². The average Bonchev–Trinajstić information content (AvgIpc) is 2.45. The molecule has 16 heavy (non-hydrogen) atoms. The Kier molecular flexibility index (Phi) is 7.06. The minimum Gasteiger partial charge on any atom is -0.313 e. The smallest absolute Gasteiger partial charge is 0.0166 e. The van der Waals surface area contributed by atoms with Gasteiger partial charge in [0.05, 0.1) is 0 Å². The summed E-state index contributed by atoms with van der Waals surface area (Å²) in [5.41, 5.74) is 0. The first-order valence-corrected chi connectivity index (χ1v) is 7.06. The summed E-state index contributed by atoms with van der Waals surface area (Å²) in [5, 5.41) is 3.64. The lowest BCUT2D eigenvalue weighted by Gasteiger charge is -2.20. The van der Waals surface area contributed by atoms with Gasteiger partial charge in [-0.25, -0.2) is 0 Å². The van der Waals surface area contributed by atoms with Gasteiger partial charge in [0.15, 0.2) is 0 Å². The van der Waals surface area contributed by atoms with Crippen LogP contribution in [0.5, 0.6) is 0 Å². The Bertz CT molecular complexity index is 160. The number of nitrogens with one attached hydrogen (secondary N) is 1. The maximum atomic E-state index is 3.64. The molecule has 2 heteroatoms. The van der Waals surface area contributed by atoms with Crippen LogP contribution in [0.4, 0.5) is 0 Å². The number of likely N-dealkylation sites (N-methyl/N-ethyl adjacent to an activating group) is 1. The maximum absolute atomic E-state index is 3.64. The number of rotatable bonds is 6. The predicted octanol–water partition coefficient (Wildman–Crippen LogP) is 2.89. The van der Waals surface area contributed by atoms with E-state index in [2.05, 4.69) is 31.2 Å². The van der Waals surface area contributed by atoms with Crippen molar-refractivity contribution in [3.8, 4) is 0 Å². The van der Waals surface area contributed by atoms with Crippen molar-refractivity contribution < 1.29 is 0 Å². The van der Waals surface area contributed by atoms with Crippen molar-refractivity contribution in [2.24, 2.45) is 5.92 Å². The Morgan fingerprint density at radius 1 is 1.12 bits per heavy atom. The summed E-state index contributed by atoms with van der Waals surface area (Å²) in [6.45, 7) is 4.64. The van der Waals surface area contributed by atoms with Gasteiger partial charge in [0, 0.05) is 12.6 Å². The van der Waals surface area contributed by atoms with Crippen molar-refractivity contribution >= 4 is 0 Å². The summed E-state index contributed by atoms with van der Waals surface area (Å²) in [5.74, 6) is 1.00. The first-order valence-electron chi connectivity index (χ1n) is 7.06.